The molecule has 0 atom stereocenters. The van der Waals surface area contributed by atoms with Crippen LogP contribution >= 0.6 is 0 Å². The van der Waals surface area contributed by atoms with E-state index >= 15 is 0 Å². The van der Waals surface area contributed by atoms with Crippen molar-refractivity contribution in [3.05, 3.63) is 47.3 Å². The maximum absolute atomic E-state index is 10.9. The van der Waals surface area contributed by atoms with Crippen LogP contribution in [0, 0.1) is 6.92 Å². The normalized spacial score (nSPS) is 10.2. The highest BCUT2D eigenvalue weighted by Crippen LogP contribution is 2.16. The lowest BCUT2D eigenvalue weighted by atomic mass is 10.1. The number of nitrogens with one attached hydrogen (secondary N) is 1. The van der Waals surface area contributed by atoms with Crippen LogP contribution in [0.3, 0.4) is 0 Å². The van der Waals surface area contributed by atoms with Crippen LogP contribution < -0.4 is 5.32 Å². The van der Waals surface area contributed by atoms with Crippen molar-refractivity contribution >= 4 is 17.6 Å². The molecule has 1 aromatic carbocycles. The van der Waals surface area contributed by atoms with E-state index in [0.29, 0.717) is 11.6 Å². The fourth-order valence-electron chi connectivity index (χ4n) is 1.73. The minimum atomic E-state index is -1.06. The summed E-state index contributed by atoms with van der Waals surface area (Å²) in [5.74, 6) is -0.762. The third-order valence-electron chi connectivity index (χ3n) is 2.66. The van der Waals surface area contributed by atoms with Crippen molar-refractivity contribution in [2.24, 2.45) is 0 Å². The molecule has 2 aromatic rings. The lowest BCUT2D eigenvalue weighted by molar-refractivity contribution is 0.0690. The lowest BCUT2D eigenvalue weighted by Gasteiger charge is -2.07. The van der Waals surface area contributed by atoms with Gasteiger partial charge in [-0.25, -0.2) is 14.8 Å². The largest absolute Gasteiger partial charge is 0.477 e. The molecule has 0 saturated carbocycles. The maximum Gasteiger partial charge on any atom is 0.354 e. The topological polar surface area (TPSA) is 75.1 Å². The van der Waals surface area contributed by atoms with Gasteiger partial charge in [-0.15, -0.1) is 0 Å². The average molecular weight is 257 g/mol. The second-order valence-corrected chi connectivity index (χ2v) is 4.20. The van der Waals surface area contributed by atoms with E-state index in [1.165, 1.54) is 11.6 Å². The number of aromatic carboxylic acids is 1. The van der Waals surface area contributed by atoms with Crippen molar-refractivity contribution in [1.29, 1.82) is 0 Å². The van der Waals surface area contributed by atoms with Gasteiger partial charge in [-0.05, 0) is 37.1 Å². The minimum Gasteiger partial charge on any atom is -0.477 e. The Bertz CT molecular complexity index is 611. The first-order chi connectivity index (χ1) is 9.08. The van der Waals surface area contributed by atoms with E-state index in [0.717, 1.165) is 12.1 Å². The molecular weight excluding hydrogens is 242 g/mol. The molecule has 1 heterocycles. The van der Waals surface area contributed by atoms with Gasteiger partial charge in [-0.2, -0.15) is 0 Å². The van der Waals surface area contributed by atoms with Crippen molar-refractivity contribution in [2.75, 3.05) is 5.32 Å². The number of rotatable bonds is 4. The smallest absolute Gasteiger partial charge is 0.354 e. The summed E-state index contributed by atoms with van der Waals surface area (Å²) in [4.78, 5) is 19.1. The van der Waals surface area contributed by atoms with Crippen LogP contribution in [0.5, 0.6) is 0 Å². The van der Waals surface area contributed by atoms with Gasteiger partial charge in [0.2, 0.25) is 5.95 Å². The Hall–Kier alpha value is -2.43. The van der Waals surface area contributed by atoms with Crippen molar-refractivity contribution in [1.82, 2.24) is 9.97 Å². The molecule has 0 spiro atoms. The summed E-state index contributed by atoms with van der Waals surface area (Å²) < 4.78 is 0. The zero-order valence-electron chi connectivity index (χ0n) is 10.8. The number of anilines is 2. The van der Waals surface area contributed by atoms with Crippen LogP contribution in [-0.4, -0.2) is 21.0 Å². The number of nitrogens with zero attached hydrogens (tertiary/aromatic N) is 2. The summed E-state index contributed by atoms with van der Waals surface area (Å²) in [6.45, 7) is 3.81. The second-order valence-electron chi connectivity index (χ2n) is 4.20. The Labute approximate surface area is 111 Å². The standard InChI is InChI=1S/C14H15N3O2/c1-3-10-5-4-6-11(8-10)16-14-15-9(2)7-12(17-14)13(18)19/h4-8H,3H2,1-2H3,(H,18,19)(H,15,16,17). The van der Waals surface area contributed by atoms with Gasteiger partial charge < -0.3 is 10.4 Å². The second kappa shape index (κ2) is 5.48. The first-order valence-corrected chi connectivity index (χ1v) is 6.03. The van der Waals surface area contributed by atoms with Crippen LogP contribution in [0.2, 0.25) is 0 Å². The SMILES string of the molecule is CCc1cccc(Nc2nc(C)cc(C(=O)O)n2)c1. The molecule has 0 aliphatic heterocycles. The zero-order chi connectivity index (χ0) is 13.8. The number of carboxylic acid groups (broad SMARTS) is 1. The van der Waals surface area contributed by atoms with Gasteiger partial charge in [-0.1, -0.05) is 19.1 Å². The van der Waals surface area contributed by atoms with E-state index in [2.05, 4.69) is 22.2 Å². The minimum absolute atomic E-state index is 0.0124. The molecule has 0 aliphatic rings. The van der Waals surface area contributed by atoms with Gasteiger partial charge in [0.15, 0.2) is 5.69 Å². The molecule has 5 heteroatoms. The Morgan fingerprint density at radius 3 is 2.79 bits per heavy atom. The fourth-order valence-corrected chi connectivity index (χ4v) is 1.73. The highest BCUT2D eigenvalue weighted by atomic mass is 16.4. The molecule has 98 valence electrons. The van der Waals surface area contributed by atoms with Crippen LogP contribution in [0.4, 0.5) is 11.6 Å². The summed E-state index contributed by atoms with van der Waals surface area (Å²) >= 11 is 0. The third-order valence-corrected chi connectivity index (χ3v) is 2.66. The van der Waals surface area contributed by atoms with E-state index in [4.69, 9.17) is 5.11 Å². The van der Waals surface area contributed by atoms with E-state index in [-0.39, 0.29) is 5.69 Å². The average Bonchev–Trinajstić information content (AvgIpc) is 2.38. The fraction of sp³-hybridized carbons (Fsp3) is 0.214. The summed E-state index contributed by atoms with van der Waals surface area (Å²) in [6, 6.07) is 9.30. The van der Waals surface area contributed by atoms with Crippen LogP contribution in [0.1, 0.15) is 28.7 Å². The Morgan fingerprint density at radius 1 is 1.32 bits per heavy atom. The molecule has 0 saturated heterocycles. The van der Waals surface area contributed by atoms with E-state index in [9.17, 15) is 4.79 Å². The third kappa shape index (κ3) is 3.28. The van der Waals surface area contributed by atoms with Crippen molar-refractivity contribution in [2.45, 2.75) is 20.3 Å². The number of hydrogen-bond acceptors (Lipinski definition) is 4. The molecule has 0 bridgehead atoms. The molecule has 0 radical (unpaired) electrons. The molecule has 19 heavy (non-hydrogen) atoms. The molecule has 0 aliphatic carbocycles. The van der Waals surface area contributed by atoms with Gasteiger partial charge >= 0.3 is 5.97 Å². The predicted octanol–water partition coefficient (Wildman–Crippen LogP) is 2.79. The Kier molecular flexibility index (Phi) is 3.75. The van der Waals surface area contributed by atoms with Gasteiger partial charge in [0, 0.05) is 11.4 Å². The number of hydrogen-bond donors (Lipinski definition) is 2. The number of carbonyl (C=O) groups is 1. The summed E-state index contributed by atoms with van der Waals surface area (Å²) in [6.07, 6.45) is 0.935. The molecular formula is C14H15N3O2. The van der Waals surface area contributed by atoms with Crippen molar-refractivity contribution < 1.29 is 9.90 Å². The summed E-state index contributed by atoms with van der Waals surface area (Å²) in [7, 11) is 0. The number of carboxylic acids is 1. The van der Waals surface area contributed by atoms with Crippen LogP contribution in [0.25, 0.3) is 0 Å². The van der Waals surface area contributed by atoms with Gasteiger partial charge in [0.05, 0.1) is 0 Å². The first kappa shape index (κ1) is 13.0. The van der Waals surface area contributed by atoms with Crippen molar-refractivity contribution in [3.8, 4) is 0 Å². The number of benzene rings is 1. The Balaban J connectivity index is 2.29. The molecule has 5 nitrogen and oxygen atoms in total. The summed E-state index contributed by atoms with van der Waals surface area (Å²) in [5.41, 5.74) is 2.64. The highest BCUT2D eigenvalue weighted by Gasteiger charge is 2.08. The van der Waals surface area contributed by atoms with Crippen LogP contribution in [-0.2, 0) is 6.42 Å². The molecule has 0 unspecified atom stereocenters. The lowest BCUT2D eigenvalue weighted by Crippen LogP contribution is -2.06. The number of aryl methyl sites for hydroxylation is 2. The molecule has 0 fully saturated rings. The predicted molar refractivity (Wildman–Crippen MR) is 72.8 cm³/mol. The zero-order valence-corrected chi connectivity index (χ0v) is 10.8. The summed E-state index contributed by atoms with van der Waals surface area (Å²) in [5, 5.41) is 12.0. The van der Waals surface area contributed by atoms with E-state index in [1.54, 1.807) is 6.92 Å². The quantitative estimate of drug-likeness (QED) is 0.880. The van der Waals surface area contributed by atoms with Gasteiger partial charge in [-0.3, -0.25) is 0 Å². The molecule has 1 aromatic heterocycles. The highest BCUT2D eigenvalue weighted by molar-refractivity contribution is 5.85. The monoisotopic (exact) mass is 257 g/mol. The van der Waals surface area contributed by atoms with Gasteiger partial charge in [0.1, 0.15) is 0 Å². The Morgan fingerprint density at radius 2 is 2.11 bits per heavy atom. The number of aromatic nitrogens is 2. The first-order valence-electron chi connectivity index (χ1n) is 6.03. The van der Waals surface area contributed by atoms with Crippen LogP contribution in [0.15, 0.2) is 30.3 Å². The molecule has 0 amide bonds. The van der Waals surface area contributed by atoms with Gasteiger partial charge in [0.25, 0.3) is 0 Å². The van der Waals surface area contributed by atoms with E-state index < -0.39 is 5.97 Å². The van der Waals surface area contributed by atoms with Crippen molar-refractivity contribution in [3.63, 3.8) is 0 Å². The molecule has 2 N–H and O–H groups in total. The van der Waals surface area contributed by atoms with E-state index in [1.807, 2.05) is 24.3 Å². The molecule has 2 rings (SSSR count). The maximum atomic E-state index is 10.9.